The number of ether oxygens (including phenoxy) is 1. The van der Waals surface area contributed by atoms with Crippen molar-refractivity contribution in [1.29, 1.82) is 0 Å². The first kappa shape index (κ1) is 22.6. The number of fused-ring (bicyclic) bond motifs is 1. The van der Waals surface area contributed by atoms with Gasteiger partial charge in [-0.05, 0) is 75.6 Å². The number of pyridine rings is 1. The molecule has 3 heterocycles. The number of nitrogens with zero attached hydrogens (tertiary/aromatic N) is 4. The smallest absolute Gasteiger partial charge is 0.267 e. The summed E-state index contributed by atoms with van der Waals surface area (Å²) in [6, 6.07) is 19.9. The Labute approximate surface area is 204 Å². The fraction of sp³-hybridized carbons (Fsp3) is 0.207. The lowest BCUT2D eigenvalue weighted by Crippen LogP contribution is -2.19. The quantitative estimate of drug-likeness (QED) is 0.336. The molecule has 0 N–H and O–H groups in total. The lowest BCUT2D eigenvalue weighted by Gasteiger charge is -2.12. The Morgan fingerprint density at radius 3 is 2.51 bits per heavy atom. The fourth-order valence-corrected chi connectivity index (χ4v) is 4.42. The van der Waals surface area contributed by atoms with Gasteiger partial charge in [0.25, 0.3) is 5.56 Å². The highest BCUT2D eigenvalue weighted by molar-refractivity contribution is 5.66. The van der Waals surface area contributed by atoms with E-state index in [9.17, 15) is 4.79 Å². The SMILES string of the molecule is Cc1cccc(COc2cccn3c(=O)c(-c4cc(C)n(-c5cccc(C)c5C)n4)c(C)nc23)c1. The summed E-state index contributed by atoms with van der Waals surface area (Å²) in [6.07, 6.45) is 1.72. The number of hydrogen-bond donors (Lipinski definition) is 0. The lowest BCUT2D eigenvalue weighted by atomic mass is 10.1. The van der Waals surface area contributed by atoms with E-state index < -0.39 is 0 Å². The minimum Gasteiger partial charge on any atom is -0.485 e. The van der Waals surface area contributed by atoms with E-state index in [2.05, 4.69) is 39.0 Å². The van der Waals surface area contributed by atoms with Gasteiger partial charge in [-0.15, -0.1) is 0 Å². The first-order chi connectivity index (χ1) is 16.8. The number of hydrogen-bond acceptors (Lipinski definition) is 4. The summed E-state index contributed by atoms with van der Waals surface area (Å²) in [4.78, 5) is 18.4. The van der Waals surface area contributed by atoms with Gasteiger partial charge < -0.3 is 4.74 Å². The van der Waals surface area contributed by atoms with Gasteiger partial charge in [-0.3, -0.25) is 9.20 Å². The van der Waals surface area contributed by atoms with Crippen LogP contribution in [0.4, 0.5) is 0 Å². The van der Waals surface area contributed by atoms with Gasteiger partial charge in [0.05, 0.1) is 16.9 Å². The molecule has 5 rings (SSSR count). The number of aromatic nitrogens is 4. The molecular weight excluding hydrogens is 436 g/mol. The Balaban J connectivity index is 1.57. The molecule has 0 atom stereocenters. The second-order valence-electron chi connectivity index (χ2n) is 9.02. The van der Waals surface area contributed by atoms with E-state index in [4.69, 9.17) is 14.8 Å². The molecule has 6 nitrogen and oxygen atoms in total. The molecule has 0 radical (unpaired) electrons. The van der Waals surface area contributed by atoms with E-state index in [1.165, 1.54) is 11.1 Å². The second-order valence-corrected chi connectivity index (χ2v) is 9.02. The molecular formula is C29H28N4O2. The van der Waals surface area contributed by atoms with Gasteiger partial charge in [-0.1, -0.05) is 42.0 Å². The standard InChI is InChI=1S/C29H28N4O2/c1-18-9-6-11-23(15-18)17-35-26-13-8-14-32-28(26)30-22(5)27(29(32)34)24-16-20(3)33(31-24)25-12-7-10-19(2)21(25)4/h6-16H,17H2,1-5H3. The van der Waals surface area contributed by atoms with Crippen LogP contribution in [-0.4, -0.2) is 19.2 Å². The Morgan fingerprint density at radius 1 is 0.914 bits per heavy atom. The molecule has 6 heteroatoms. The van der Waals surface area contributed by atoms with Gasteiger partial charge in [0.2, 0.25) is 0 Å². The van der Waals surface area contributed by atoms with Crippen LogP contribution in [0.25, 0.3) is 22.6 Å². The summed E-state index contributed by atoms with van der Waals surface area (Å²) < 4.78 is 9.52. The number of benzene rings is 2. The van der Waals surface area contributed by atoms with Crippen LogP contribution in [-0.2, 0) is 6.61 Å². The molecule has 0 saturated heterocycles. The van der Waals surface area contributed by atoms with Gasteiger partial charge in [0.15, 0.2) is 11.4 Å². The second kappa shape index (κ2) is 8.87. The summed E-state index contributed by atoms with van der Waals surface area (Å²) in [5.41, 5.74) is 8.60. The maximum atomic E-state index is 13.6. The topological polar surface area (TPSA) is 61.4 Å². The lowest BCUT2D eigenvalue weighted by molar-refractivity contribution is 0.307. The van der Waals surface area contributed by atoms with Crippen LogP contribution in [0.2, 0.25) is 0 Å². The maximum absolute atomic E-state index is 13.6. The van der Waals surface area contributed by atoms with Crippen LogP contribution >= 0.6 is 0 Å². The van der Waals surface area contributed by atoms with E-state index in [-0.39, 0.29) is 5.56 Å². The molecule has 2 aromatic carbocycles. The molecule has 0 fully saturated rings. The Morgan fingerprint density at radius 2 is 1.71 bits per heavy atom. The van der Waals surface area contributed by atoms with Crippen molar-refractivity contribution in [3.8, 4) is 22.7 Å². The molecule has 5 aromatic rings. The molecule has 0 aliphatic rings. The van der Waals surface area contributed by atoms with Crippen molar-refractivity contribution in [2.45, 2.75) is 41.2 Å². The van der Waals surface area contributed by atoms with Crippen LogP contribution in [0, 0.1) is 34.6 Å². The average molecular weight is 465 g/mol. The molecule has 3 aromatic heterocycles. The van der Waals surface area contributed by atoms with E-state index in [1.807, 2.05) is 54.9 Å². The summed E-state index contributed by atoms with van der Waals surface area (Å²) in [6.45, 7) is 10.5. The summed E-state index contributed by atoms with van der Waals surface area (Å²) in [5.74, 6) is 0.567. The highest BCUT2D eigenvalue weighted by Crippen LogP contribution is 2.26. The van der Waals surface area contributed by atoms with Crippen molar-refractivity contribution in [3.05, 3.63) is 111 Å². The predicted molar refractivity (Wildman–Crippen MR) is 138 cm³/mol. The van der Waals surface area contributed by atoms with Gasteiger partial charge >= 0.3 is 0 Å². The van der Waals surface area contributed by atoms with Gasteiger partial charge in [-0.25, -0.2) is 9.67 Å². The Kier molecular flexibility index (Phi) is 5.73. The zero-order valence-electron chi connectivity index (χ0n) is 20.7. The minimum absolute atomic E-state index is 0.167. The third-order valence-corrected chi connectivity index (χ3v) is 6.42. The third kappa shape index (κ3) is 4.12. The van der Waals surface area contributed by atoms with Crippen LogP contribution < -0.4 is 10.3 Å². The monoisotopic (exact) mass is 464 g/mol. The Hall–Kier alpha value is -4.19. The zero-order chi connectivity index (χ0) is 24.7. The van der Waals surface area contributed by atoms with Crippen molar-refractivity contribution >= 4 is 5.65 Å². The molecule has 0 saturated carbocycles. The van der Waals surface area contributed by atoms with Crippen LogP contribution in [0.3, 0.4) is 0 Å². The van der Waals surface area contributed by atoms with Crippen LogP contribution in [0.5, 0.6) is 5.75 Å². The summed E-state index contributed by atoms with van der Waals surface area (Å²) in [5, 5.41) is 4.82. The van der Waals surface area contributed by atoms with Crippen LogP contribution in [0.1, 0.15) is 33.6 Å². The molecule has 0 unspecified atom stereocenters. The van der Waals surface area contributed by atoms with Crippen molar-refractivity contribution < 1.29 is 4.74 Å². The molecule has 0 bridgehead atoms. The molecule has 176 valence electrons. The number of aryl methyl sites for hydroxylation is 4. The van der Waals surface area contributed by atoms with Crippen molar-refractivity contribution in [3.63, 3.8) is 0 Å². The molecule has 0 aliphatic heterocycles. The Bertz CT molecular complexity index is 1630. The first-order valence-corrected chi connectivity index (χ1v) is 11.7. The molecule has 0 amide bonds. The van der Waals surface area contributed by atoms with Crippen molar-refractivity contribution in [1.82, 2.24) is 19.2 Å². The molecule has 0 aliphatic carbocycles. The summed E-state index contributed by atoms with van der Waals surface area (Å²) >= 11 is 0. The van der Waals surface area contributed by atoms with Gasteiger partial charge in [0.1, 0.15) is 12.3 Å². The zero-order valence-corrected chi connectivity index (χ0v) is 20.7. The highest BCUT2D eigenvalue weighted by Gasteiger charge is 2.19. The average Bonchev–Trinajstić information content (AvgIpc) is 3.20. The predicted octanol–water partition coefficient (Wildman–Crippen LogP) is 5.67. The third-order valence-electron chi connectivity index (χ3n) is 6.42. The van der Waals surface area contributed by atoms with Crippen molar-refractivity contribution in [2.75, 3.05) is 0 Å². The molecule has 0 spiro atoms. The van der Waals surface area contributed by atoms with Crippen LogP contribution in [0.15, 0.2) is 71.7 Å². The molecule has 35 heavy (non-hydrogen) atoms. The largest absolute Gasteiger partial charge is 0.485 e. The van der Waals surface area contributed by atoms with E-state index in [1.54, 1.807) is 16.7 Å². The van der Waals surface area contributed by atoms with Gasteiger partial charge in [0, 0.05) is 11.9 Å². The first-order valence-electron chi connectivity index (χ1n) is 11.7. The van der Waals surface area contributed by atoms with E-state index >= 15 is 0 Å². The van der Waals surface area contributed by atoms with Gasteiger partial charge in [-0.2, -0.15) is 5.10 Å². The minimum atomic E-state index is -0.167. The number of rotatable bonds is 5. The van der Waals surface area contributed by atoms with E-state index in [0.29, 0.717) is 35.0 Å². The normalized spacial score (nSPS) is 11.2. The fourth-order valence-electron chi connectivity index (χ4n) is 4.42. The maximum Gasteiger partial charge on any atom is 0.267 e. The highest BCUT2D eigenvalue weighted by atomic mass is 16.5. The van der Waals surface area contributed by atoms with E-state index in [0.717, 1.165) is 22.5 Å². The van der Waals surface area contributed by atoms with Crippen molar-refractivity contribution in [2.24, 2.45) is 0 Å². The summed E-state index contributed by atoms with van der Waals surface area (Å²) in [7, 11) is 0.